The first-order chi connectivity index (χ1) is 9.08. The number of rotatable bonds is 6. The largest absolute Gasteiger partial charge is 0.351 e. The standard InChI is InChI=1S/C15H19FN2O/c1-4-9-18(5-2)10-8-17-15(19)13-6-7-14(16)12(3)11-13/h1,6-7,11H,5,8-10H2,2-3H3,(H,17,19). The summed E-state index contributed by atoms with van der Waals surface area (Å²) in [5, 5.41) is 2.80. The Hall–Kier alpha value is -1.86. The Labute approximate surface area is 113 Å². The van der Waals surface area contributed by atoms with E-state index in [1.165, 1.54) is 12.1 Å². The maximum atomic E-state index is 13.1. The Morgan fingerprint density at radius 1 is 1.53 bits per heavy atom. The highest BCUT2D eigenvalue weighted by Crippen LogP contribution is 2.08. The van der Waals surface area contributed by atoms with Crippen LogP contribution in [0.15, 0.2) is 18.2 Å². The van der Waals surface area contributed by atoms with Crippen LogP contribution in [0.3, 0.4) is 0 Å². The van der Waals surface area contributed by atoms with Crippen LogP contribution in [0.4, 0.5) is 4.39 Å². The van der Waals surface area contributed by atoms with E-state index in [9.17, 15) is 9.18 Å². The Kier molecular flexibility index (Phi) is 6.04. The quantitative estimate of drug-likeness (QED) is 0.793. The van der Waals surface area contributed by atoms with Gasteiger partial charge in [0.15, 0.2) is 0 Å². The Morgan fingerprint density at radius 2 is 2.26 bits per heavy atom. The molecule has 0 saturated heterocycles. The molecule has 0 heterocycles. The number of aryl methyl sites for hydroxylation is 1. The second-order valence-corrected chi connectivity index (χ2v) is 4.29. The number of likely N-dealkylation sites (N-methyl/N-ethyl adjacent to an activating group) is 1. The molecule has 0 aliphatic carbocycles. The lowest BCUT2D eigenvalue weighted by Crippen LogP contribution is -2.35. The minimum atomic E-state index is -0.303. The minimum absolute atomic E-state index is 0.195. The summed E-state index contributed by atoms with van der Waals surface area (Å²) in [7, 11) is 0. The molecule has 0 aromatic heterocycles. The summed E-state index contributed by atoms with van der Waals surface area (Å²) in [5.41, 5.74) is 0.939. The smallest absolute Gasteiger partial charge is 0.251 e. The molecule has 1 aromatic rings. The van der Waals surface area contributed by atoms with Crippen LogP contribution in [-0.4, -0.2) is 37.0 Å². The first kappa shape index (κ1) is 15.2. The third kappa shape index (κ3) is 4.72. The van der Waals surface area contributed by atoms with Gasteiger partial charge in [-0.15, -0.1) is 6.42 Å². The van der Waals surface area contributed by atoms with Gasteiger partial charge >= 0.3 is 0 Å². The van der Waals surface area contributed by atoms with Gasteiger partial charge in [-0.1, -0.05) is 12.8 Å². The molecule has 0 fully saturated rings. The number of nitrogens with one attached hydrogen (secondary N) is 1. The first-order valence-corrected chi connectivity index (χ1v) is 6.28. The van der Waals surface area contributed by atoms with Crippen molar-refractivity contribution < 1.29 is 9.18 Å². The van der Waals surface area contributed by atoms with E-state index in [1.807, 2.05) is 6.92 Å². The molecule has 0 spiro atoms. The van der Waals surface area contributed by atoms with Gasteiger partial charge in [-0.25, -0.2) is 4.39 Å². The van der Waals surface area contributed by atoms with Crippen molar-refractivity contribution in [2.75, 3.05) is 26.2 Å². The summed E-state index contributed by atoms with van der Waals surface area (Å²) in [6, 6.07) is 4.33. The zero-order valence-corrected chi connectivity index (χ0v) is 11.4. The highest BCUT2D eigenvalue weighted by Gasteiger charge is 2.08. The zero-order valence-electron chi connectivity index (χ0n) is 11.4. The Morgan fingerprint density at radius 3 is 2.84 bits per heavy atom. The van der Waals surface area contributed by atoms with Gasteiger partial charge in [0.05, 0.1) is 6.54 Å². The number of amides is 1. The van der Waals surface area contributed by atoms with Crippen molar-refractivity contribution in [2.24, 2.45) is 0 Å². The molecule has 3 nitrogen and oxygen atoms in total. The molecule has 0 bridgehead atoms. The molecule has 0 atom stereocenters. The molecule has 1 amide bonds. The summed E-state index contributed by atoms with van der Waals surface area (Å²) in [6.07, 6.45) is 5.24. The molecular formula is C15H19FN2O. The molecule has 1 aromatic carbocycles. The molecule has 0 aliphatic rings. The number of terminal acetylenes is 1. The third-order valence-corrected chi connectivity index (χ3v) is 2.90. The predicted octanol–water partition coefficient (Wildman–Crippen LogP) is 1.82. The van der Waals surface area contributed by atoms with E-state index < -0.39 is 0 Å². The third-order valence-electron chi connectivity index (χ3n) is 2.90. The van der Waals surface area contributed by atoms with Crippen LogP contribution in [0.25, 0.3) is 0 Å². The highest BCUT2D eigenvalue weighted by atomic mass is 19.1. The topological polar surface area (TPSA) is 32.3 Å². The van der Waals surface area contributed by atoms with Gasteiger partial charge in [0.25, 0.3) is 5.91 Å². The SMILES string of the molecule is C#CCN(CC)CCNC(=O)c1ccc(F)c(C)c1. The molecule has 0 saturated carbocycles. The van der Waals surface area contributed by atoms with Gasteiger partial charge in [0.1, 0.15) is 5.82 Å². The summed E-state index contributed by atoms with van der Waals surface area (Å²) >= 11 is 0. The van der Waals surface area contributed by atoms with E-state index in [4.69, 9.17) is 6.42 Å². The van der Waals surface area contributed by atoms with E-state index in [0.29, 0.717) is 30.8 Å². The maximum Gasteiger partial charge on any atom is 0.251 e. The normalized spacial score (nSPS) is 10.3. The predicted molar refractivity (Wildman–Crippen MR) is 74.4 cm³/mol. The van der Waals surface area contributed by atoms with Crippen molar-refractivity contribution in [2.45, 2.75) is 13.8 Å². The fraction of sp³-hybridized carbons (Fsp3) is 0.400. The molecule has 1 rings (SSSR count). The monoisotopic (exact) mass is 262 g/mol. The van der Waals surface area contributed by atoms with Crippen LogP contribution in [0, 0.1) is 25.1 Å². The fourth-order valence-electron chi connectivity index (χ4n) is 1.69. The summed E-state index contributed by atoms with van der Waals surface area (Å²) in [6.45, 7) is 6.29. The van der Waals surface area contributed by atoms with Gasteiger partial charge in [0, 0.05) is 18.7 Å². The molecule has 19 heavy (non-hydrogen) atoms. The molecule has 0 radical (unpaired) electrons. The number of nitrogens with zero attached hydrogens (tertiary/aromatic N) is 1. The number of benzene rings is 1. The fourth-order valence-corrected chi connectivity index (χ4v) is 1.69. The van der Waals surface area contributed by atoms with Crippen molar-refractivity contribution in [3.8, 4) is 12.3 Å². The lowest BCUT2D eigenvalue weighted by atomic mass is 10.1. The first-order valence-electron chi connectivity index (χ1n) is 6.28. The van der Waals surface area contributed by atoms with Crippen molar-refractivity contribution in [1.29, 1.82) is 0 Å². The molecule has 0 aliphatic heterocycles. The van der Waals surface area contributed by atoms with Gasteiger partial charge in [-0.3, -0.25) is 9.69 Å². The Balaban J connectivity index is 2.47. The number of carbonyl (C=O) groups excluding carboxylic acids is 1. The van der Waals surface area contributed by atoms with Crippen molar-refractivity contribution in [3.05, 3.63) is 35.1 Å². The van der Waals surface area contributed by atoms with Gasteiger partial charge < -0.3 is 5.32 Å². The number of halogens is 1. The van der Waals surface area contributed by atoms with Crippen molar-refractivity contribution >= 4 is 5.91 Å². The second-order valence-electron chi connectivity index (χ2n) is 4.29. The van der Waals surface area contributed by atoms with Gasteiger partial charge in [0.2, 0.25) is 0 Å². The van der Waals surface area contributed by atoms with E-state index in [-0.39, 0.29) is 11.7 Å². The number of hydrogen-bond acceptors (Lipinski definition) is 2. The average molecular weight is 262 g/mol. The zero-order chi connectivity index (χ0) is 14.3. The number of carbonyl (C=O) groups is 1. The van der Waals surface area contributed by atoms with Crippen molar-refractivity contribution in [1.82, 2.24) is 10.2 Å². The second kappa shape index (κ2) is 7.55. The average Bonchev–Trinajstić information content (AvgIpc) is 2.40. The maximum absolute atomic E-state index is 13.1. The van der Waals surface area contributed by atoms with Crippen LogP contribution >= 0.6 is 0 Å². The van der Waals surface area contributed by atoms with Crippen LogP contribution in [0.2, 0.25) is 0 Å². The van der Waals surface area contributed by atoms with Crippen LogP contribution in [0.1, 0.15) is 22.8 Å². The summed E-state index contributed by atoms with van der Waals surface area (Å²) < 4.78 is 13.1. The van der Waals surface area contributed by atoms with E-state index in [0.717, 1.165) is 6.54 Å². The minimum Gasteiger partial charge on any atom is -0.351 e. The van der Waals surface area contributed by atoms with Gasteiger partial charge in [-0.2, -0.15) is 0 Å². The van der Waals surface area contributed by atoms with Crippen molar-refractivity contribution in [3.63, 3.8) is 0 Å². The Bertz CT molecular complexity index is 480. The van der Waals surface area contributed by atoms with E-state index >= 15 is 0 Å². The molecular weight excluding hydrogens is 243 g/mol. The number of hydrogen-bond donors (Lipinski definition) is 1. The highest BCUT2D eigenvalue weighted by molar-refractivity contribution is 5.94. The molecule has 0 unspecified atom stereocenters. The van der Waals surface area contributed by atoms with Crippen LogP contribution < -0.4 is 5.32 Å². The molecule has 102 valence electrons. The van der Waals surface area contributed by atoms with E-state index in [2.05, 4.69) is 16.1 Å². The lowest BCUT2D eigenvalue weighted by Gasteiger charge is -2.17. The molecule has 4 heteroatoms. The van der Waals surface area contributed by atoms with E-state index in [1.54, 1.807) is 13.0 Å². The summed E-state index contributed by atoms with van der Waals surface area (Å²) in [4.78, 5) is 13.9. The lowest BCUT2D eigenvalue weighted by molar-refractivity contribution is 0.0949. The van der Waals surface area contributed by atoms with Crippen LogP contribution in [-0.2, 0) is 0 Å². The van der Waals surface area contributed by atoms with Crippen LogP contribution in [0.5, 0.6) is 0 Å². The summed E-state index contributed by atoms with van der Waals surface area (Å²) in [5.74, 6) is 2.08. The van der Waals surface area contributed by atoms with Gasteiger partial charge in [-0.05, 0) is 37.2 Å². The molecule has 1 N–H and O–H groups in total.